The number of hydrogen-bond donors (Lipinski definition) is 1. The Bertz CT molecular complexity index is 986. The molecule has 2 aromatic rings. The number of sulfonamides is 1. The molecular weight excluding hydrogens is 380 g/mol. The van der Waals surface area contributed by atoms with Crippen molar-refractivity contribution in [3.63, 3.8) is 0 Å². The largest absolute Gasteiger partial charge is 0.462 e. The topological polar surface area (TPSA) is 92.8 Å². The predicted octanol–water partition coefficient (Wildman–Crippen LogP) is 1.72. The number of fused-ring (bicyclic) bond motifs is 1. The zero-order valence-electron chi connectivity index (χ0n) is 15.7. The molecule has 0 fully saturated rings. The number of carbonyl (C=O) groups is 2. The number of ether oxygens (including phenoxy) is 1. The molecule has 1 unspecified atom stereocenters. The average Bonchev–Trinajstić information content (AvgIpc) is 2.72. The molecule has 8 heteroatoms. The van der Waals surface area contributed by atoms with E-state index in [1.54, 1.807) is 6.92 Å². The molecule has 0 bridgehead atoms. The van der Waals surface area contributed by atoms with E-state index in [0.717, 1.165) is 11.1 Å². The fourth-order valence-corrected chi connectivity index (χ4v) is 4.82. The molecule has 0 aromatic heterocycles. The van der Waals surface area contributed by atoms with E-state index in [1.807, 2.05) is 24.3 Å². The van der Waals surface area contributed by atoms with Crippen LogP contribution < -0.4 is 5.32 Å². The molecule has 3 rings (SSSR count). The zero-order chi connectivity index (χ0) is 20.3. The summed E-state index contributed by atoms with van der Waals surface area (Å²) in [5.41, 5.74) is 2.10. The highest BCUT2D eigenvalue weighted by Crippen LogP contribution is 2.29. The summed E-state index contributed by atoms with van der Waals surface area (Å²) in [5.74, 6) is -0.872. The van der Waals surface area contributed by atoms with Crippen LogP contribution in [0.25, 0.3) is 0 Å². The van der Waals surface area contributed by atoms with Crippen molar-refractivity contribution in [2.45, 2.75) is 30.8 Å². The summed E-state index contributed by atoms with van der Waals surface area (Å²) in [6.45, 7) is 2.04. The van der Waals surface area contributed by atoms with Crippen molar-refractivity contribution >= 4 is 21.9 Å². The number of amides is 1. The number of rotatable bonds is 5. The van der Waals surface area contributed by atoms with Gasteiger partial charge in [0.05, 0.1) is 17.1 Å². The third-order valence-electron chi connectivity index (χ3n) is 4.73. The second kappa shape index (κ2) is 8.12. The minimum atomic E-state index is -3.94. The van der Waals surface area contributed by atoms with Crippen molar-refractivity contribution in [3.05, 3.63) is 65.2 Å². The first kappa shape index (κ1) is 20.0. The molecule has 0 aliphatic carbocycles. The lowest BCUT2D eigenvalue weighted by molar-refractivity contribution is -0.124. The van der Waals surface area contributed by atoms with Crippen molar-refractivity contribution in [3.8, 4) is 0 Å². The Morgan fingerprint density at radius 2 is 1.75 bits per heavy atom. The summed E-state index contributed by atoms with van der Waals surface area (Å²) < 4.78 is 32.7. The molecule has 0 spiro atoms. The molecule has 1 N–H and O–H groups in total. The van der Waals surface area contributed by atoms with Crippen LogP contribution in [0.2, 0.25) is 0 Å². The maximum absolute atomic E-state index is 13.3. The summed E-state index contributed by atoms with van der Waals surface area (Å²) in [6, 6.07) is 12.2. The number of nitrogens with zero attached hydrogens (tertiary/aromatic N) is 1. The highest BCUT2D eigenvalue weighted by atomic mass is 32.2. The number of benzene rings is 2. The second-order valence-corrected chi connectivity index (χ2v) is 8.29. The minimum Gasteiger partial charge on any atom is -0.462 e. The third-order valence-corrected chi connectivity index (χ3v) is 6.60. The van der Waals surface area contributed by atoms with Crippen molar-refractivity contribution in [1.29, 1.82) is 0 Å². The van der Waals surface area contributed by atoms with Crippen LogP contribution in [0.4, 0.5) is 0 Å². The highest BCUT2D eigenvalue weighted by Gasteiger charge is 2.39. The van der Waals surface area contributed by atoms with Crippen LogP contribution in [0.3, 0.4) is 0 Å². The van der Waals surface area contributed by atoms with Gasteiger partial charge in [0.25, 0.3) is 0 Å². The van der Waals surface area contributed by atoms with Crippen LogP contribution >= 0.6 is 0 Å². The van der Waals surface area contributed by atoms with E-state index in [-0.39, 0.29) is 29.5 Å². The van der Waals surface area contributed by atoms with Gasteiger partial charge in [-0.15, -0.1) is 0 Å². The zero-order valence-corrected chi connectivity index (χ0v) is 16.5. The molecular formula is C20H22N2O5S. The number of nitrogens with one attached hydrogen (secondary N) is 1. The van der Waals surface area contributed by atoms with Gasteiger partial charge in [0.1, 0.15) is 6.04 Å². The molecule has 1 atom stereocenters. The van der Waals surface area contributed by atoms with Crippen LogP contribution in [-0.2, 0) is 32.5 Å². The van der Waals surface area contributed by atoms with Crippen molar-refractivity contribution in [2.24, 2.45) is 0 Å². The molecule has 0 radical (unpaired) electrons. The number of esters is 1. The van der Waals surface area contributed by atoms with Gasteiger partial charge in [0.15, 0.2) is 0 Å². The van der Waals surface area contributed by atoms with Crippen LogP contribution in [0.15, 0.2) is 53.4 Å². The van der Waals surface area contributed by atoms with Crippen molar-refractivity contribution in [2.75, 3.05) is 13.7 Å². The van der Waals surface area contributed by atoms with E-state index < -0.39 is 22.0 Å². The van der Waals surface area contributed by atoms with Gasteiger partial charge < -0.3 is 10.1 Å². The van der Waals surface area contributed by atoms with Gasteiger partial charge in [0.2, 0.25) is 15.9 Å². The molecule has 1 amide bonds. The normalized spacial score (nSPS) is 16.9. The van der Waals surface area contributed by atoms with E-state index in [2.05, 4.69) is 5.32 Å². The first-order chi connectivity index (χ1) is 13.4. The SMILES string of the molecule is CCOC(=O)c1ccc(S(=O)(=O)N2Cc3ccccc3CC2C(=O)NC)cc1. The quantitative estimate of drug-likeness (QED) is 0.769. The molecule has 0 saturated carbocycles. The Morgan fingerprint density at radius 3 is 2.36 bits per heavy atom. The molecule has 1 heterocycles. The summed E-state index contributed by atoms with van der Waals surface area (Å²) in [5, 5.41) is 2.55. The maximum Gasteiger partial charge on any atom is 0.338 e. The van der Waals surface area contributed by atoms with Gasteiger partial charge in [-0.05, 0) is 48.7 Å². The van der Waals surface area contributed by atoms with E-state index in [9.17, 15) is 18.0 Å². The fourth-order valence-electron chi connectivity index (χ4n) is 3.25. The molecule has 1 aliphatic rings. The van der Waals surface area contributed by atoms with Gasteiger partial charge in [0, 0.05) is 13.6 Å². The Morgan fingerprint density at radius 1 is 1.11 bits per heavy atom. The summed E-state index contributed by atoms with van der Waals surface area (Å²) >= 11 is 0. The lowest BCUT2D eigenvalue weighted by atomic mass is 9.95. The third kappa shape index (κ3) is 3.79. The summed E-state index contributed by atoms with van der Waals surface area (Å²) in [4.78, 5) is 24.2. The standard InChI is InChI=1S/C20H22N2O5S/c1-3-27-20(24)14-8-10-17(11-9-14)28(25,26)22-13-16-7-5-4-6-15(16)12-18(22)19(23)21-2/h4-11,18H,3,12-13H2,1-2H3,(H,21,23). The van der Waals surface area contributed by atoms with E-state index in [4.69, 9.17) is 4.74 Å². The van der Waals surface area contributed by atoms with Crippen LogP contribution in [0, 0.1) is 0 Å². The molecule has 0 saturated heterocycles. The average molecular weight is 402 g/mol. The number of likely N-dealkylation sites (N-methyl/N-ethyl adjacent to an activating group) is 1. The summed E-state index contributed by atoms with van der Waals surface area (Å²) in [7, 11) is -2.46. The Kier molecular flexibility index (Phi) is 5.81. The Balaban J connectivity index is 1.96. The van der Waals surface area contributed by atoms with Crippen molar-refractivity contribution < 1.29 is 22.7 Å². The van der Waals surface area contributed by atoms with Gasteiger partial charge >= 0.3 is 5.97 Å². The molecule has 1 aliphatic heterocycles. The lowest BCUT2D eigenvalue weighted by Crippen LogP contribution is -2.51. The lowest BCUT2D eigenvalue weighted by Gasteiger charge is -2.34. The van der Waals surface area contributed by atoms with Gasteiger partial charge in [-0.25, -0.2) is 13.2 Å². The van der Waals surface area contributed by atoms with E-state index in [1.165, 1.54) is 35.6 Å². The van der Waals surface area contributed by atoms with Crippen LogP contribution in [0.5, 0.6) is 0 Å². The molecule has 7 nitrogen and oxygen atoms in total. The molecule has 28 heavy (non-hydrogen) atoms. The fraction of sp³-hybridized carbons (Fsp3) is 0.300. The summed E-state index contributed by atoms with van der Waals surface area (Å²) in [6.07, 6.45) is 0.302. The number of carbonyl (C=O) groups excluding carboxylic acids is 2. The number of hydrogen-bond acceptors (Lipinski definition) is 5. The first-order valence-electron chi connectivity index (χ1n) is 8.96. The smallest absolute Gasteiger partial charge is 0.338 e. The monoisotopic (exact) mass is 402 g/mol. The molecule has 2 aromatic carbocycles. The van der Waals surface area contributed by atoms with Crippen LogP contribution in [0.1, 0.15) is 28.4 Å². The predicted molar refractivity (Wildman–Crippen MR) is 103 cm³/mol. The van der Waals surface area contributed by atoms with Crippen molar-refractivity contribution in [1.82, 2.24) is 9.62 Å². The van der Waals surface area contributed by atoms with Gasteiger partial charge in [-0.1, -0.05) is 24.3 Å². The van der Waals surface area contributed by atoms with Crippen LogP contribution in [-0.4, -0.2) is 44.3 Å². The van der Waals surface area contributed by atoms with Gasteiger partial charge in [-0.3, -0.25) is 4.79 Å². The molecule has 148 valence electrons. The second-order valence-electron chi connectivity index (χ2n) is 6.40. The maximum atomic E-state index is 13.3. The highest BCUT2D eigenvalue weighted by molar-refractivity contribution is 7.89. The van der Waals surface area contributed by atoms with E-state index >= 15 is 0 Å². The van der Waals surface area contributed by atoms with Gasteiger partial charge in [-0.2, -0.15) is 4.31 Å². The van der Waals surface area contributed by atoms with E-state index in [0.29, 0.717) is 6.42 Å². The minimum absolute atomic E-state index is 0.0221. The Labute approximate surface area is 164 Å². The Hall–Kier alpha value is -2.71. The first-order valence-corrected chi connectivity index (χ1v) is 10.4.